The van der Waals surface area contributed by atoms with Gasteiger partial charge < -0.3 is 5.11 Å². The largest absolute Gasteiger partial charge is 0.507 e. The van der Waals surface area contributed by atoms with Crippen LogP contribution < -0.4 is 0 Å². The summed E-state index contributed by atoms with van der Waals surface area (Å²) in [6.07, 6.45) is 14.1. The summed E-state index contributed by atoms with van der Waals surface area (Å²) in [4.78, 5) is 0. The molecule has 0 saturated heterocycles. The summed E-state index contributed by atoms with van der Waals surface area (Å²) < 4.78 is 0. The molecule has 2 aliphatic rings. The van der Waals surface area contributed by atoms with E-state index in [2.05, 4.69) is 45.0 Å². The van der Waals surface area contributed by atoms with Crippen LogP contribution in [0.15, 0.2) is 24.3 Å². The predicted octanol–water partition coefficient (Wildman–Crippen LogP) is 8.00. The third kappa shape index (κ3) is 4.55. The molecular weight excluding hydrogens is 352 g/mol. The SMILES string of the molecule is Cc1cc(Cc2cc(C)cc(C3CCCCC3)c2O)c(C)c(C2CCCCC2)c1. The summed E-state index contributed by atoms with van der Waals surface area (Å²) in [5.74, 6) is 1.84. The van der Waals surface area contributed by atoms with Gasteiger partial charge in [0.2, 0.25) is 0 Å². The lowest BCUT2D eigenvalue weighted by atomic mass is 9.79. The van der Waals surface area contributed by atoms with Gasteiger partial charge in [-0.25, -0.2) is 0 Å². The van der Waals surface area contributed by atoms with Gasteiger partial charge in [0.25, 0.3) is 0 Å². The van der Waals surface area contributed by atoms with Crippen molar-refractivity contribution in [2.75, 3.05) is 0 Å². The Bertz CT molecular complexity index is 780. The first-order chi connectivity index (χ1) is 14.0. The second kappa shape index (κ2) is 8.94. The normalized spacial score (nSPS) is 18.9. The molecule has 2 aromatic rings. The Hall–Kier alpha value is -1.76. The summed E-state index contributed by atoms with van der Waals surface area (Å²) in [6, 6.07) is 9.23. The number of rotatable bonds is 4. The van der Waals surface area contributed by atoms with Gasteiger partial charge in [-0.3, -0.25) is 0 Å². The second-order valence-corrected chi connectivity index (χ2v) is 9.85. The van der Waals surface area contributed by atoms with Crippen LogP contribution in [-0.4, -0.2) is 5.11 Å². The Morgan fingerprint density at radius 2 is 1.14 bits per heavy atom. The van der Waals surface area contributed by atoms with Crippen LogP contribution in [0.1, 0.15) is 115 Å². The Kier molecular flexibility index (Phi) is 6.32. The van der Waals surface area contributed by atoms with Crippen molar-refractivity contribution in [3.8, 4) is 5.75 Å². The topological polar surface area (TPSA) is 20.2 Å². The number of hydrogen-bond acceptors (Lipinski definition) is 1. The van der Waals surface area contributed by atoms with Gasteiger partial charge >= 0.3 is 0 Å². The van der Waals surface area contributed by atoms with E-state index < -0.39 is 0 Å². The van der Waals surface area contributed by atoms with Crippen LogP contribution in [0.2, 0.25) is 0 Å². The highest BCUT2D eigenvalue weighted by molar-refractivity contribution is 5.50. The minimum absolute atomic E-state index is 0.541. The van der Waals surface area contributed by atoms with Crippen LogP contribution in [0.5, 0.6) is 5.75 Å². The molecule has 4 rings (SSSR count). The first kappa shape index (κ1) is 20.5. The van der Waals surface area contributed by atoms with E-state index in [1.54, 1.807) is 5.56 Å². The molecular formula is C28H38O. The molecule has 1 N–H and O–H groups in total. The molecule has 2 aliphatic carbocycles. The highest BCUT2D eigenvalue weighted by Gasteiger charge is 2.22. The van der Waals surface area contributed by atoms with E-state index in [0.717, 1.165) is 17.9 Å². The second-order valence-electron chi connectivity index (χ2n) is 9.85. The van der Waals surface area contributed by atoms with Crippen molar-refractivity contribution in [3.63, 3.8) is 0 Å². The number of phenolic OH excluding ortho intramolecular Hbond substituents is 1. The molecule has 0 unspecified atom stereocenters. The standard InChI is InChI=1S/C28H38O/c1-19-14-24(21(3)26(16-19)22-10-6-4-7-11-22)18-25-15-20(2)17-27(28(25)29)23-12-8-5-9-13-23/h14-17,22-23,29H,4-13,18H2,1-3H3. The Morgan fingerprint density at radius 1 is 0.655 bits per heavy atom. The molecule has 1 nitrogen and oxygen atoms in total. The van der Waals surface area contributed by atoms with Crippen LogP contribution in [0.25, 0.3) is 0 Å². The predicted molar refractivity (Wildman–Crippen MR) is 123 cm³/mol. The quantitative estimate of drug-likeness (QED) is 0.560. The Labute approximate surface area is 177 Å². The average molecular weight is 391 g/mol. The van der Waals surface area contributed by atoms with Gasteiger partial charge in [0.15, 0.2) is 0 Å². The summed E-state index contributed by atoms with van der Waals surface area (Å²) in [5.41, 5.74) is 9.41. The fraction of sp³-hybridized carbons (Fsp3) is 0.571. The highest BCUT2D eigenvalue weighted by atomic mass is 16.3. The number of aryl methyl sites for hydroxylation is 2. The first-order valence-electron chi connectivity index (χ1n) is 12.0. The molecule has 2 aromatic carbocycles. The van der Waals surface area contributed by atoms with Crippen molar-refractivity contribution in [1.29, 1.82) is 0 Å². The fourth-order valence-electron chi connectivity index (χ4n) is 5.93. The Balaban J connectivity index is 1.67. The average Bonchev–Trinajstić information content (AvgIpc) is 2.74. The van der Waals surface area contributed by atoms with Crippen molar-refractivity contribution in [1.82, 2.24) is 0 Å². The zero-order chi connectivity index (χ0) is 20.4. The monoisotopic (exact) mass is 390 g/mol. The minimum atomic E-state index is 0.541. The maximum Gasteiger partial charge on any atom is 0.122 e. The zero-order valence-corrected chi connectivity index (χ0v) is 18.7. The summed E-state index contributed by atoms with van der Waals surface area (Å²) in [6.45, 7) is 6.73. The van der Waals surface area contributed by atoms with Crippen LogP contribution >= 0.6 is 0 Å². The van der Waals surface area contributed by atoms with Gasteiger partial charge in [-0.05, 0) is 86.1 Å². The van der Waals surface area contributed by atoms with Gasteiger partial charge in [0.05, 0.1) is 0 Å². The molecule has 0 radical (unpaired) electrons. The summed E-state index contributed by atoms with van der Waals surface area (Å²) in [7, 11) is 0. The molecule has 0 atom stereocenters. The smallest absolute Gasteiger partial charge is 0.122 e. The molecule has 0 amide bonds. The Morgan fingerprint density at radius 3 is 1.72 bits per heavy atom. The van der Waals surface area contributed by atoms with Gasteiger partial charge in [-0.15, -0.1) is 0 Å². The first-order valence-corrected chi connectivity index (χ1v) is 12.0. The zero-order valence-electron chi connectivity index (χ0n) is 18.7. The van der Waals surface area contributed by atoms with Gasteiger partial charge in [-0.2, -0.15) is 0 Å². The van der Waals surface area contributed by atoms with Crippen LogP contribution in [0.3, 0.4) is 0 Å². The van der Waals surface area contributed by atoms with E-state index in [0.29, 0.717) is 11.7 Å². The van der Waals surface area contributed by atoms with Gasteiger partial charge in [0, 0.05) is 6.42 Å². The molecule has 0 aliphatic heterocycles. The van der Waals surface area contributed by atoms with E-state index in [1.807, 2.05) is 0 Å². The van der Waals surface area contributed by atoms with E-state index in [-0.39, 0.29) is 0 Å². The number of hydrogen-bond donors (Lipinski definition) is 1. The van der Waals surface area contributed by atoms with Crippen molar-refractivity contribution < 1.29 is 5.11 Å². The highest BCUT2D eigenvalue weighted by Crippen LogP contribution is 2.41. The lowest BCUT2D eigenvalue weighted by Crippen LogP contribution is -2.09. The molecule has 0 bridgehead atoms. The molecule has 2 saturated carbocycles. The molecule has 2 fully saturated rings. The molecule has 156 valence electrons. The van der Waals surface area contributed by atoms with Crippen LogP contribution in [-0.2, 0) is 6.42 Å². The minimum Gasteiger partial charge on any atom is -0.507 e. The molecule has 29 heavy (non-hydrogen) atoms. The maximum atomic E-state index is 11.2. The van der Waals surface area contributed by atoms with Gasteiger partial charge in [-0.1, -0.05) is 73.9 Å². The van der Waals surface area contributed by atoms with Crippen molar-refractivity contribution in [2.24, 2.45) is 0 Å². The van der Waals surface area contributed by atoms with Crippen molar-refractivity contribution >= 4 is 0 Å². The van der Waals surface area contributed by atoms with Gasteiger partial charge in [0.1, 0.15) is 5.75 Å². The third-order valence-corrected chi connectivity index (χ3v) is 7.53. The number of benzene rings is 2. The fourth-order valence-corrected chi connectivity index (χ4v) is 5.93. The third-order valence-electron chi connectivity index (χ3n) is 7.53. The molecule has 0 heterocycles. The van der Waals surface area contributed by atoms with E-state index >= 15 is 0 Å². The maximum absolute atomic E-state index is 11.2. The van der Waals surface area contributed by atoms with Crippen LogP contribution in [0.4, 0.5) is 0 Å². The van der Waals surface area contributed by atoms with Crippen molar-refractivity contribution in [3.05, 3.63) is 63.2 Å². The summed E-state index contributed by atoms with van der Waals surface area (Å²) in [5, 5.41) is 11.2. The van der Waals surface area contributed by atoms with Crippen LogP contribution in [0, 0.1) is 20.8 Å². The van der Waals surface area contributed by atoms with E-state index in [9.17, 15) is 5.11 Å². The summed E-state index contributed by atoms with van der Waals surface area (Å²) >= 11 is 0. The number of aromatic hydroxyl groups is 1. The van der Waals surface area contributed by atoms with E-state index in [4.69, 9.17) is 0 Å². The van der Waals surface area contributed by atoms with Crippen molar-refractivity contribution in [2.45, 2.75) is 103 Å². The molecule has 0 aromatic heterocycles. The van der Waals surface area contributed by atoms with E-state index in [1.165, 1.54) is 92.0 Å². The molecule has 0 spiro atoms. The lowest BCUT2D eigenvalue weighted by molar-refractivity contribution is 0.411. The number of phenols is 1. The lowest BCUT2D eigenvalue weighted by Gasteiger charge is -2.26. The molecule has 1 heteroatoms.